The van der Waals surface area contributed by atoms with Gasteiger partial charge in [-0.3, -0.25) is 9.78 Å². The van der Waals surface area contributed by atoms with Gasteiger partial charge in [-0.25, -0.2) is 0 Å². The maximum absolute atomic E-state index is 12.2. The molecule has 5 nitrogen and oxygen atoms in total. The molecule has 0 aliphatic heterocycles. The first-order valence-corrected chi connectivity index (χ1v) is 6.39. The number of aryl methyl sites for hydroxylation is 1. The second-order valence-corrected chi connectivity index (χ2v) is 4.31. The second kappa shape index (κ2) is 6.13. The van der Waals surface area contributed by atoms with Crippen LogP contribution in [0.5, 0.6) is 0 Å². The Kier molecular flexibility index (Phi) is 4.28. The number of carbonyl (C=O) groups excluding carboxylic acids is 1. The van der Waals surface area contributed by atoms with Crippen molar-refractivity contribution in [2.75, 3.05) is 6.54 Å². The molecule has 0 aromatic carbocycles. The highest BCUT2D eigenvalue weighted by Gasteiger charge is 2.21. The van der Waals surface area contributed by atoms with E-state index in [-0.39, 0.29) is 5.91 Å². The van der Waals surface area contributed by atoms with Gasteiger partial charge < -0.3 is 9.84 Å². The van der Waals surface area contributed by atoms with Crippen molar-refractivity contribution in [3.05, 3.63) is 35.9 Å². The van der Waals surface area contributed by atoms with Crippen LogP contribution < -0.4 is 5.32 Å². The largest absolute Gasteiger partial charge is 0.360 e. The Hall–Kier alpha value is -2.17. The van der Waals surface area contributed by atoms with Crippen molar-refractivity contribution in [2.45, 2.75) is 26.7 Å². The maximum Gasteiger partial charge on any atom is 0.257 e. The van der Waals surface area contributed by atoms with Crippen LogP contribution in [0.1, 0.15) is 35.9 Å². The minimum atomic E-state index is -0.147. The van der Waals surface area contributed by atoms with Gasteiger partial charge in [0.05, 0.1) is 0 Å². The molecule has 1 amide bonds. The van der Waals surface area contributed by atoms with Crippen molar-refractivity contribution in [1.82, 2.24) is 15.5 Å². The average molecular weight is 259 g/mol. The quantitative estimate of drug-likeness (QED) is 0.838. The van der Waals surface area contributed by atoms with Crippen LogP contribution in [0.25, 0.3) is 11.3 Å². The Labute approximate surface area is 112 Å². The van der Waals surface area contributed by atoms with Crippen molar-refractivity contribution >= 4 is 5.91 Å². The molecule has 0 radical (unpaired) electrons. The molecule has 19 heavy (non-hydrogen) atoms. The monoisotopic (exact) mass is 259 g/mol. The van der Waals surface area contributed by atoms with Crippen molar-refractivity contribution in [2.24, 2.45) is 0 Å². The number of nitrogens with zero attached hydrogens (tertiary/aromatic N) is 2. The number of amides is 1. The molecule has 0 unspecified atom stereocenters. The Morgan fingerprint density at radius 3 is 3.00 bits per heavy atom. The van der Waals surface area contributed by atoms with E-state index in [1.54, 1.807) is 25.4 Å². The summed E-state index contributed by atoms with van der Waals surface area (Å²) < 4.78 is 5.14. The summed E-state index contributed by atoms with van der Waals surface area (Å²) in [6.45, 7) is 4.48. The molecule has 0 aliphatic rings. The van der Waals surface area contributed by atoms with Crippen LogP contribution >= 0.6 is 0 Å². The first-order chi connectivity index (χ1) is 9.24. The summed E-state index contributed by atoms with van der Waals surface area (Å²) in [6, 6.07) is 3.66. The van der Waals surface area contributed by atoms with E-state index in [1.807, 2.05) is 6.07 Å². The van der Waals surface area contributed by atoms with E-state index < -0.39 is 0 Å². The van der Waals surface area contributed by atoms with Gasteiger partial charge in [-0.2, -0.15) is 0 Å². The van der Waals surface area contributed by atoms with E-state index in [0.717, 1.165) is 18.4 Å². The average Bonchev–Trinajstić information content (AvgIpc) is 2.82. The highest BCUT2D eigenvalue weighted by atomic mass is 16.5. The summed E-state index contributed by atoms with van der Waals surface area (Å²) in [5.41, 5.74) is 1.81. The van der Waals surface area contributed by atoms with Crippen LogP contribution in [0.15, 0.2) is 29.0 Å². The smallest absolute Gasteiger partial charge is 0.257 e. The first kappa shape index (κ1) is 13.3. The van der Waals surface area contributed by atoms with Crippen LogP contribution in [-0.4, -0.2) is 22.6 Å². The van der Waals surface area contributed by atoms with Gasteiger partial charge in [0.2, 0.25) is 0 Å². The van der Waals surface area contributed by atoms with Gasteiger partial charge in [0.25, 0.3) is 5.91 Å². The lowest BCUT2D eigenvalue weighted by Gasteiger charge is -2.04. The fraction of sp³-hybridized carbons (Fsp3) is 0.357. The molecule has 2 aromatic rings. The van der Waals surface area contributed by atoms with Gasteiger partial charge in [0.15, 0.2) is 0 Å². The van der Waals surface area contributed by atoms with Gasteiger partial charge in [0.1, 0.15) is 17.0 Å². The SMILES string of the molecule is CCCCNC(=O)c1c(-c2cccnc2)noc1C. The third kappa shape index (κ3) is 2.99. The number of pyridine rings is 1. The molecule has 0 bridgehead atoms. The van der Waals surface area contributed by atoms with E-state index in [1.165, 1.54) is 0 Å². The molecule has 0 saturated heterocycles. The third-order valence-corrected chi connectivity index (χ3v) is 2.84. The van der Waals surface area contributed by atoms with Crippen LogP contribution in [-0.2, 0) is 0 Å². The van der Waals surface area contributed by atoms with Crippen LogP contribution in [0.4, 0.5) is 0 Å². The number of carbonyl (C=O) groups is 1. The van der Waals surface area contributed by atoms with Crippen molar-refractivity contribution in [1.29, 1.82) is 0 Å². The van der Waals surface area contributed by atoms with Gasteiger partial charge in [-0.1, -0.05) is 18.5 Å². The molecule has 0 atom stereocenters. The minimum Gasteiger partial charge on any atom is -0.360 e. The third-order valence-electron chi connectivity index (χ3n) is 2.84. The maximum atomic E-state index is 12.2. The highest BCUT2D eigenvalue weighted by molar-refractivity contribution is 6.00. The Bertz CT molecular complexity index is 549. The van der Waals surface area contributed by atoms with Gasteiger partial charge >= 0.3 is 0 Å². The number of unbranched alkanes of at least 4 members (excludes halogenated alkanes) is 1. The number of hydrogen-bond acceptors (Lipinski definition) is 4. The van der Waals surface area contributed by atoms with E-state index in [0.29, 0.717) is 23.6 Å². The van der Waals surface area contributed by atoms with Gasteiger partial charge in [-0.05, 0) is 25.5 Å². The zero-order chi connectivity index (χ0) is 13.7. The molecule has 0 aliphatic carbocycles. The fourth-order valence-electron chi connectivity index (χ4n) is 1.81. The molecular weight excluding hydrogens is 242 g/mol. The molecule has 5 heteroatoms. The van der Waals surface area contributed by atoms with E-state index in [9.17, 15) is 4.79 Å². The molecule has 1 N–H and O–H groups in total. The second-order valence-electron chi connectivity index (χ2n) is 4.31. The Morgan fingerprint density at radius 2 is 2.32 bits per heavy atom. The summed E-state index contributed by atoms with van der Waals surface area (Å²) in [7, 11) is 0. The zero-order valence-electron chi connectivity index (χ0n) is 11.1. The fourth-order valence-corrected chi connectivity index (χ4v) is 1.81. The summed E-state index contributed by atoms with van der Waals surface area (Å²) in [4.78, 5) is 16.2. The predicted molar refractivity (Wildman–Crippen MR) is 71.7 cm³/mol. The van der Waals surface area contributed by atoms with Crippen molar-refractivity contribution in [3.8, 4) is 11.3 Å². The molecule has 2 rings (SSSR count). The Morgan fingerprint density at radius 1 is 1.47 bits per heavy atom. The van der Waals surface area contributed by atoms with Crippen molar-refractivity contribution < 1.29 is 9.32 Å². The topological polar surface area (TPSA) is 68.0 Å². The van der Waals surface area contributed by atoms with E-state index >= 15 is 0 Å². The van der Waals surface area contributed by atoms with Crippen LogP contribution in [0.2, 0.25) is 0 Å². The minimum absolute atomic E-state index is 0.147. The summed E-state index contributed by atoms with van der Waals surface area (Å²) in [5.74, 6) is 0.374. The predicted octanol–water partition coefficient (Wildman–Crippen LogP) is 2.57. The zero-order valence-corrected chi connectivity index (χ0v) is 11.1. The highest BCUT2D eigenvalue weighted by Crippen LogP contribution is 2.24. The lowest BCUT2D eigenvalue weighted by molar-refractivity contribution is 0.0952. The first-order valence-electron chi connectivity index (χ1n) is 6.39. The summed E-state index contributed by atoms with van der Waals surface area (Å²) in [5, 5.41) is 6.84. The van der Waals surface area contributed by atoms with Crippen molar-refractivity contribution in [3.63, 3.8) is 0 Å². The summed E-state index contributed by atoms with van der Waals surface area (Å²) in [6.07, 6.45) is 5.34. The number of nitrogens with one attached hydrogen (secondary N) is 1. The standard InChI is InChI=1S/C14H17N3O2/c1-3-4-8-16-14(18)12-10(2)19-17-13(12)11-6-5-7-15-9-11/h5-7,9H,3-4,8H2,1-2H3,(H,16,18). The molecule has 0 spiro atoms. The van der Waals surface area contributed by atoms with E-state index in [2.05, 4.69) is 22.4 Å². The van der Waals surface area contributed by atoms with Crippen LogP contribution in [0, 0.1) is 6.92 Å². The number of rotatable bonds is 5. The lowest BCUT2D eigenvalue weighted by Crippen LogP contribution is -2.25. The van der Waals surface area contributed by atoms with Crippen LogP contribution in [0.3, 0.4) is 0 Å². The molecule has 0 fully saturated rings. The normalized spacial score (nSPS) is 10.4. The summed E-state index contributed by atoms with van der Waals surface area (Å²) >= 11 is 0. The molecular formula is C14H17N3O2. The molecule has 2 heterocycles. The molecule has 100 valence electrons. The van der Waals surface area contributed by atoms with E-state index in [4.69, 9.17) is 4.52 Å². The molecule has 2 aromatic heterocycles. The van der Waals surface area contributed by atoms with Gasteiger partial charge in [0, 0.05) is 24.5 Å². The van der Waals surface area contributed by atoms with Gasteiger partial charge in [-0.15, -0.1) is 0 Å². The number of aromatic nitrogens is 2. The molecule has 0 saturated carbocycles. The Balaban J connectivity index is 2.25. The number of hydrogen-bond donors (Lipinski definition) is 1. The lowest BCUT2D eigenvalue weighted by atomic mass is 10.1.